The molecule has 0 saturated carbocycles. The van der Waals surface area contributed by atoms with Crippen molar-refractivity contribution < 1.29 is 14.5 Å². The van der Waals surface area contributed by atoms with Crippen LogP contribution in [0, 0.1) is 10.1 Å². The minimum Gasteiger partial charge on any atom is -0.496 e. The number of nitro benzene ring substituents is 1. The van der Waals surface area contributed by atoms with Crippen LogP contribution in [0.3, 0.4) is 0 Å². The van der Waals surface area contributed by atoms with Gasteiger partial charge in [-0.1, -0.05) is 0 Å². The molecule has 0 spiro atoms. The van der Waals surface area contributed by atoms with Gasteiger partial charge in [0.1, 0.15) is 11.4 Å². The molecule has 0 aliphatic rings. The first-order chi connectivity index (χ1) is 7.88. The van der Waals surface area contributed by atoms with Gasteiger partial charge in [0.05, 0.1) is 17.6 Å². The number of carbonyl (C=O) groups is 1. The number of carbonyl (C=O) groups excluding carboxylic acids is 1. The zero-order chi connectivity index (χ0) is 13.2. The minimum absolute atomic E-state index is 0.0218. The van der Waals surface area contributed by atoms with Crippen molar-refractivity contribution in [2.75, 3.05) is 26.1 Å². The second-order valence-electron chi connectivity index (χ2n) is 3.47. The lowest BCUT2D eigenvalue weighted by molar-refractivity contribution is -0.384. The maximum Gasteiger partial charge on any atom is 0.293 e. The number of nitro groups is 1. The van der Waals surface area contributed by atoms with Gasteiger partial charge in [0, 0.05) is 26.2 Å². The number of rotatable bonds is 4. The monoisotopic (exact) mass is 258 g/mol. The van der Waals surface area contributed by atoms with Gasteiger partial charge < -0.3 is 9.64 Å². The molecule has 0 aromatic heterocycles. The highest BCUT2D eigenvalue weighted by molar-refractivity contribution is 6.68. The van der Waals surface area contributed by atoms with E-state index < -0.39 is 10.2 Å². The number of halogens is 1. The molecule has 0 aliphatic heterocycles. The van der Waals surface area contributed by atoms with Crippen molar-refractivity contribution in [3.05, 3.63) is 27.8 Å². The summed E-state index contributed by atoms with van der Waals surface area (Å²) in [6, 6.07) is 2.53. The quantitative estimate of drug-likeness (QED) is 0.469. The molecule has 0 amide bonds. The van der Waals surface area contributed by atoms with E-state index in [4.69, 9.17) is 16.3 Å². The van der Waals surface area contributed by atoms with E-state index in [0.717, 1.165) is 6.07 Å². The number of ether oxygens (including phenoxy) is 1. The lowest BCUT2D eigenvalue weighted by Gasteiger charge is -2.15. The Morgan fingerprint density at radius 3 is 2.41 bits per heavy atom. The van der Waals surface area contributed by atoms with Crippen molar-refractivity contribution in [3.8, 4) is 5.75 Å². The molecule has 0 unspecified atom stereocenters. The molecule has 1 aromatic rings. The first-order valence-corrected chi connectivity index (χ1v) is 4.99. The van der Waals surface area contributed by atoms with Crippen molar-refractivity contribution in [2.24, 2.45) is 0 Å². The van der Waals surface area contributed by atoms with Crippen LogP contribution in [0.25, 0.3) is 0 Å². The highest BCUT2D eigenvalue weighted by Gasteiger charge is 2.22. The fourth-order valence-electron chi connectivity index (χ4n) is 1.38. The maximum absolute atomic E-state index is 11.1. The van der Waals surface area contributed by atoms with Gasteiger partial charge in [-0.2, -0.15) is 0 Å². The van der Waals surface area contributed by atoms with Gasteiger partial charge >= 0.3 is 0 Å². The molecule has 7 heteroatoms. The summed E-state index contributed by atoms with van der Waals surface area (Å²) in [6.07, 6.45) is 0. The van der Waals surface area contributed by atoms with E-state index in [-0.39, 0.29) is 17.0 Å². The average Bonchev–Trinajstić information content (AvgIpc) is 2.26. The molecule has 0 bridgehead atoms. The van der Waals surface area contributed by atoms with Gasteiger partial charge in [0.15, 0.2) is 0 Å². The minimum atomic E-state index is -0.796. The lowest BCUT2D eigenvalue weighted by atomic mass is 10.1. The van der Waals surface area contributed by atoms with E-state index in [1.807, 2.05) is 0 Å². The highest BCUT2D eigenvalue weighted by Crippen LogP contribution is 2.34. The topological polar surface area (TPSA) is 72.7 Å². The molecule has 0 heterocycles. The van der Waals surface area contributed by atoms with Crippen molar-refractivity contribution in [3.63, 3.8) is 0 Å². The van der Waals surface area contributed by atoms with Gasteiger partial charge in [0.2, 0.25) is 0 Å². The summed E-state index contributed by atoms with van der Waals surface area (Å²) >= 11 is 5.34. The summed E-state index contributed by atoms with van der Waals surface area (Å²) in [5.41, 5.74) is 0.125. The lowest BCUT2D eigenvalue weighted by Crippen LogP contribution is -2.12. The molecule has 1 rings (SSSR count). The molecule has 0 aliphatic carbocycles. The van der Waals surface area contributed by atoms with Crippen LogP contribution in [-0.2, 0) is 0 Å². The van der Waals surface area contributed by atoms with Crippen LogP contribution < -0.4 is 9.64 Å². The third kappa shape index (κ3) is 2.65. The second kappa shape index (κ2) is 5.01. The second-order valence-corrected chi connectivity index (χ2v) is 3.81. The zero-order valence-corrected chi connectivity index (χ0v) is 10.3. The van der Waals surface area contributed by atoms with E-state index in [2.05, 4.69) is 0 Å². The van der Waals surface area contributed by atoms with Gasteiger partial charge in [-0.15, -0.1) is 0 Å². The highest BCUT2D eigenvalue weighted by atomic mass is 35.5. The summed E-state index contributed by atoms with van der Waals surface area (Å²) in [4.78, 5) is 23.0. The summed E-state index contributed by atoms with van der Waals surface area (Å²) in [7, 11) is 4.68. The smallest absolute Gasteiger partial charge is 0.293 e. The molecule has 1 aromatic carbocycles. The van der Waals surface area contributed by atoms with Crippen LogP contribution in [0.2, 0.25) is 0 Å². The van der Waals surface area contributed by atoms with Crippen LogP contribution >= 0.6 is 11.6 Å². The van der Waals surface area contributed by atoms with E-state index in [1.165, 1.54) is 13.2 Å². The van der Waals surface area contributed by atoms with Gasteiger partial charge in [-0.05, 0) is 11.6 Å². The largest absolute Gasteiger partial charge is 0.496 e. The summed E-state index contributed by atoms with van der Waals surface area (Å²) in [5, 5.41) is 10.1. The standard InChI is InChI=1S/C10H11ClN2O4/c1-12(2)7-5-9(17-3)6(10(11)14)4-8(7)13(15)16/h4-5H,1-3H3. The Balaban J connectivity index is 3.53. The molecule has 92 valence electrons. The van der Waals surface area contributed by atoms with E-state index in [1.54, 1.807) is 19.0 Å². The third-order valence-electron chi connectivity index (χ3n) is 2.19. The molecular formula is C10H11ClN2O4. The van der Waals surface area contributed by atoms with Gasteiger partial charge in [-0.3, -0.25) is 14.9 Å². The number of benzene rings is 1. The fraction of sp³-hybridized carbons (Fsp3) is 0.300. The van der Waals surface area contributed by atoms with Crippen LogP contribution in [0.5, 0.6) is 5.75 Å². The Morgan fingerprint density at radius 1 is 1.47 bits per heavy atom. The number of nitrogens with zero attached hydrogens (tertiary/aromatic N) is 2. The molecule has 0 N–H and O–H groups in total. The Morgan fingerprint density at radius 2 is 2.06 bits per heavy atom. The number of hydrogen-bond acceptors (Lipinski definition) is 5. The van der Waals surface area contributed by atoms with Crippen molar-refractivity contribution in [1.82, 2.24) is 0 Å². The molecule has 0 atom stereocenters. The normalized spacial score (nSPS) is 9.88. The van der Waals surface area contributed by atoms with E-state index in [9.17, 15) is 14.9 Å². The summed E-state index contributed by atoms with van der Waals surface area (Å²) in [6.45, 7) is 0. The zero-order valence-electron chi connectivity index (χ0n) is 9.56. The van der Waals surface area contributed by atoms with Crippen molar-refractivity contribution in [2.45, 2.75) is 0 Å². The Bertz CT molecular complexity index is 474. The number of methoxy groups -OCH3 is 1. The molecule has 0 fully saturated rings. The van der Waals surface area contributed by atoms with E-state index >= 15 is 0 Å². The Labute approximate surface area is 103 Å². The van der Waals surface area contributed by atoms with E-state index in [0.29, 0.717) is 5.69 Å². The van der Waals surface area contributed by atoms with Crippen molar-refractivity contribution in [1.29, 1.82) is 0 Å². The van der Waals surface area contributed by atoms with Gasteiger partial charge in [-0.25, -0.2) is 0 Å². The van der Waals surface area contributed by atoms with Gasteiger partial charge in [0.25, 0.3) is 10.9 Å². The van der Waals surface area contributed by atoms with Crippen LogP contribution in [0.1, 0.15) is 10.4 Å². The fourth-order valence-corrected chi connectivity index (χ4v) is 1.53. The van der Waals surface area contributed by atoms with Crippen LogP contribution in [-0.4, -0.2) is 31.4 Å². The van der Waals surface area contributed by atoms with Crippen LogP contribution in [0.4, 0.5) is 11.4 Å². The maximum atomic E-state index is 11.1. The SMILES string of the molecule is COc1cc(N(C)C)c([N+](=O)[O-])cc1C(=O)Cl. The predicted molar refractivity (Wildman–Crippen MR) is 64.2 cm³/mol. The molecule has 0 radical (unpaired) electrons. The first kappa shape index (κ1) is 13.2. The molecular weight excluding hydrogens is 248 g/mol. The average molecular weight is 259 g/mol. The molecule has 17 heavy (non-hydrogen) atoms. The summed E-state index contributed by atoms with van der Waals surface area (Å²) < 4.78 is 4.98. The number of hydrogen-bond donors (Lipinski definition) is 0. The van der Waals surface area contributed by atoms with Crippen LogP contribution in [0.15, 0.2) is 12.1 Å². The first-order valence-electron chi connectivity index (χ1n) is 4.62. The third-order valence-corrected chi connectivity index (χ3v) is 2.39. The van der Waals surface area contributed by atoms with Crippen molar-refractivity contribution >= 4 is 28.2 Å². The summed E-state index contributed by atoms with van der Waals surface area (Å²) in [5.74, 6) is 0.208. The Hall–Kier alpha value is -1.82. The predicted octanol–water partition coefficient (Wildman–Crippen LogP) is 2.05. The molecule has 0 saturated heterocycles. The Kier molecular flexibility index (Phi) is 3.90. The number of anilines is 1. The molecule has 6 nitrogen and oxygen atoms in total.